The van der Waals surface area contributed by atoms with E-state index in [1.54, 1.807) is 0 Å². The molecule has 0 saturated heterocycles. The van der Waals surface area contributed by atoms with Crippen molar-refractivity contribution in [3.63, 3.8) is 0 Å². The molecule has 142 valence electrons. The number of benzene rings is 2. The molecule has 6 heteroatoms. The minimum atomic E-state index is -1.22. The first kappa shape index (κ1) is 20.2. The van der Waals surface area contributed by atoms with Gasteiger partial charge in [-0.2, -0.15) is 0 Å². The van der Waals surface area contributed by atoms with E-state index in [2.05, 4.69) is 5.32 Å². The zero-order valence-electron chi connectivity index (χ0n) is 14.9. The highest BCUT2D eigenvalue weighted by Gasteiger charge is 2.25. The van der Waals surface area contributed by atoms with E-state index in [0.29, 0.717) is 12.8 Å². The Morgan fingerprint density at radius 3 is 1.81 bits per heavy atom. The normalized spacial score (nSPS) is 12.7. The van der Waals surface area contributed by atoms with Gasteiger partial charge in [-0.1, -0.05) is 60.7 Å². The number of hydrogen-bond donors (Lipinski definition) is 3. The maximum atomic E-state index is 11.9. The Bertz CT molecular complexity index is 761. The zero-order valence-corrected chi connectivity index (χ0v) is 14.9. The van der Waals surface area contributed by atoms with Crippen molar-refractivity contribution < 1.29 is 24.6 Å². The molecule has 0 aliphatic heterocycles. The van der Waals surface area contributed by atoms with E-state index < -0.39 is 36.2 Å². The van der Waals surface area contributed by atoms with E-state index in [-0.39, 0.29) is 6.42 Å². The third-order valence-corrected chi connectivity index (χ3v) is 4.25. The summed E-state index contributed by atoms with van der Waals surface area (Å²) in [5.74, 6) is -3.46. The van der Waals surface area contributed by atoms with Crippen LogP contribution in [0.25, 0.3) is 0 Å². The Hall–Kier alpha value is -3.15. The van der Waals surface area contributed by atoms with Crippen molar-refractivity contribution in [2.45, 2.75) is 31.7 Å². The maximum absolute atomic E-state index is 11.9. The fraction of sp³-hybridized carbons (Fsp3) is 0.286. The molecule has 27 heavy (non-hydrogen) atoms. The van der Waals surface area contributed by atoms with E-state index in [9.17, 15) is 19.5 Å². The van der Waals surface area contributed by atoms with Crippen LogP contribution in [0.5, 0.6) is 0 Å². The number of rotatable bonds is 10. The van der Waals surface area contributed by atoms with Crippen molar-refractivity contribution >= 4 is 17.8 Å². The number of carboxylic acid groups (broad SMARTS) is 2. The van der Waals surface area contributed by atoms with E-state index in [1.165, 1.54) is 0 Å². The Morgan fingerprint density at radius 1 is 0.815 bits per heavy atom. The molecule has 2 rings (SSSR count). The minimum Gasteiger partial charge on any atom is -0.481 e. The first-order chi connectivity index (χ1) is 12.9. The Labute approximate surface area is 157 Å². The molecule has 2 aromatic rings. The second-order valence-electron chi connectivity index (χ2n) is 6.49. The SMILES string of the molecule is O=C(O)CC(=O)N[C@H](Cc1ccccc1)C[C@H](Cc1ccccc1)C(=O)O. The summed E-state index contributed by atoms with van der Waals surface area (Å²) in [6.07, 6.45) is 0.354. The molecule has 0 heterocycles. The predicted octanol–water partition coefficient (Wildman–Crippen LogP) is 2.52. The van der Waals surface area contributed by atoms with Gasteiger partial charge in [-0.05, 0) is 30.4 Å². The molecule has 3 N–H and O–H groups in total. The molecule has 0 bridgehead atoms. The van der Waals surface area contributed by atoms with Gasteiger partial charge in [0.25, 0.3) is 0 Å². The average molecular weight is 369 g/mol. The van der Waals surface area contributed by atoms with Crippen LogP contribution in [0.4, 0.5) is 0 Å². The second kappa shape index (κ2) is 10.1. The number of aliphatic carboxylic acids is 2. The van der Waals surface area contributed by atoms with Crippen molar-refractivity contribution in [2.75, 3.05) is 0 Å². The van der Waals surface area contributed by atoms with Crippen molar-refractivity contribution in [1.82, 2.24) is 5.32 Å². The largest absolute Gasteiger partial charge is 0.481 e. The van der Waals surface area contributed by atoms with E-state index in [0.717, 1.165) is 11.1 Å². The molecule has 1 amide bonds. The fourth-order valence-corrected chi connectivity index (χ4v) is 3.02. The Morgan fingerprint density at radius 2 is 1.33 bits per heavy atom. The van der Waals surface area contributed by atoms with Crippen LogP contribution >= 0.6 is 0 Å². The van der Waals surface area contributed by atoms with Crippen LogP contribution in [0.3, 0.4) is 0 Å². The summed E-state index contributed by atoms with van der Waals surface area (Å²) in [6, 6.07) is 18.2. The highest BCUT2D eigenvalue weighted by Crippen LogP contribution is 2.18. The van der Waals surface area contributed by atoms with Gasteiger partial charge in [0.05, 0.1) is 5.92 Å². The Kier molecular flexibility index (Phi) is 7.55. The summed E-state index contributed by atoms with van der Waals surface area (Å²) in [4.78, 5) is 34.4. The van der Waals surface area contributed by atoms with E-state index in [1.807, 2.05) is 60.7 Å². The molecule has 6 nitrogen and oxygen atoms in total. The standard InChI is InChI=1S/C21H23NO5/c23-19(14-20(24)25)22-18(12-16-9-5-2-6-10-16)13-17(21(26)27)11-15-7-3-1-4-8-15/h1-10,17-18H,11-14H2,(H,22,23)(H,24,25)(H,26,27)/t17-,18+/m0/s1. The van der Waals surface area contributed by atoms with Gasteiger partial charge in [-0.3, -0.25) is 14.4 Å². The molecule has 0 saturated carbocycles. The third kappa shape index (κ3) is 7.32. The summed E-state index contributed by atoms with van der Waals surface area (Å²) < 4.78 is 0. The number of carboxylic acids is 2. The molecule has 0 aliphatic rings. The predicted molar refractivity (Wildman–Crippen MR) is 100 cm³/mol. The second-order valence-corrected chi connectivity index (χ2v) is 6.49. The average Bonchev–Trinajstić information content (AvgIpc) is 2.62. The molecule has 0 unspecified atom stereocenters. The van der Waals surface area contributed by atoms with Gasteiger partial charge in [-0.25, -0.2) is 0 Å². The van der Waals surface area contributed by atoms with Gasteiger partial charge >= 0.3 is 11.9 Å². The highest BCUT2D eigenvalue weighted by molar-refractivity contribution is 5.93. The monoisotopic (exact) mass is 369 g/mol. The summed E-state index contributed by atoms with van der Waals surface area (Å²) in [7, 11) is 0. The molecule has 0 aliphatic carbocycles. The Balaban J connectivity index is 2.12. The van der Waals surface area contributed by atoms with Crippen LogP contribution in [-0.4, -0.2) is 34.1 Å². The number of carbonyl (C=O) groups excluding carboxylic acids is 1. The summed E-state index contributed by atoms with van der Waals surface area (Å²) >= 11 is 0. The first-order valence-corrected chi connectivity index (χ1v) is 8.76. The topological polar surface area (TPSA) is 104 Å². The van der Waals surface area contributed by atoms with Gasteiger partial charge in [0, 0.05) is 6.04 Å². The van der Waals surface area contributed by atoms with Gasteiger partial charge in [-0.15, -0.1) is 0 Å². The number of amides is 1. The lowest BCUT2D eigenvalue weighted by molar-refractivity contribution is -0.144. The molecular formula is C21H23NO5. The molecule has 0 fully saturated rings. The van der Waals surface area contributed by atoms with Crippen LogP contribution in [0.15, 0.2) is 60.7 Å². The van der Waals surface area contributed by atoms with Crippen molar-refractivity contribution in [2.24, 2.45) is 5.92 Å². The molecule has 0 aromatic heterocycles. The molecule has 0 spiro atoms. The molecule has 2 atom stereocenters. The lowest BCUT2D eigenvalue weighted by Crippen LogP contribution is -2.40. The zero-order chi connectivity index (χ0) is 19.6. The summed E-state index contributed by atoms with van der Waals surface area (Å²) in [5.41, 5.74) is 1.85. The quantitative estimate of drug-likeness (QED) is 0.558. The highest BCUT2D eigenvalue weighted by atomic mass is 16.4. The van der Waals surface area contributed by atoms with Gasteiger partial charge < -0.3 is 15.5 Å². The third-order valence-electron chi connectivity index (χ3n) is 4.25. The maximum Gasteiger partial charge on any atom is 0.312 e. The van der Waals surface area contributed by atoms with Crippen molar-refractivity contribution in [3.05, 3.63) is 71.8 Å². The molecule has 2 aromatic carbocycles. The van der Waals surface area contributed by atoms with Crippen LogP contribution in [-0.2, 0) is 27.2 Å². The molecule has 0 radical (unpaired) electrons. The van der Waals surface area contributed by atoms with Crippen molar-refractivity contribution in [1.29, 1.82) is 0 Å². The first-order valence-electron chi connectivity index (χ1n) is 8.76. The van der Waals surface area contributed by atoms with Crippen LogP contribution in [0, 0.1) is 5.92 Å². The minimum absolute atomic E-state index is 0.213. The molecular weight excluding hydrogens is 346 g/mol. The van der Waals surface area contributed by atoms with Gasteiger partial charge in [0.2, 0.25) is 5.91 Å². The smallest absolute Gasteiger partial charge is 0.312 e. The van der Waals surface area contributed by atoms with Crippen LogP contribution < -0.4 is 5.32 Å². The van der Waals surface area contributed by atoms with E-state index in [4.69, 9.17) is 5.11 Å². The lowest BCUT2D eigenvalue weighted by Gasteiger charge is -2.22. The van der Waals surface area contributed by atoms with Crippen molar-refractivity contribution in [3.8, 4) is 0 Å². The van der Waals surface area contributed by atoms with E-state index >= 15 is 0 Å². The number of hydrogen-bond acceptors (Lipinski definition) is 3. The van der Waals surface area contributed by atoms with Gasteiger partial charge in [0.15, 0.2) is 0 Å². The van der Waals surface area contributed by atoms with Crippen LogP contribution in [0.2, 0.25) is 0 Å². The summed E-state index contributed by atoms with van der Waals surface area (Å²) in [6.45, 7) is 0. The fourth-order valence-electron chi connectivity index (χ4n) is 3.02. The number of nitrogens with one attached hydrogen (secondary N) is 1. The van der Waals surface area contributed by atoms with Gasteiger partial charge in [0.1, 0.15) is 6.42 Å². The van der Waals surface area contributed by atoms with Crippen LogP contribution in [0.1, 0.15) is 24.0 Å². The summed E-state index contributed by atoms with van der Waals surface area (Å²) in [5, 5.41) is 21.1. The lowest BCUT2D eigenvalue weighted by atomic mass is 9.90. The number of carbonyl (C=O) groups is 3.